The van der Waals surface area contributed by atoms with Crippen molar-refractivity contribution < 1.29 is 0 Å². The maximum Gasteiger partial charge on any atom is 0.266 e. The third-order valence-corrected chi connectivity index (χ3v) is 5.64. The Kier molecular flexibility index (Phi) is 6.03. The number of aromatic nitrogens is 6. The first-order valence-corrected chi connectivity index (χ1v) is 11.2. The van der Waals surface area contributed by atoms with E-state index in [0.717, 1.165) is 11.1 Å². The number of nitrogens with one attached hydrogen (secondary N) is 1. The van der Waals surface area contributed by atoms with Crippen LogP contribution in [0, 0.1) is 18.3 Å². The van der Waals surface area contributed by atoms with Gasteiger partial charge >= 0.3 is 0 Å². The Morgan fingerprint density at radius 1 is 1.00 bits per heavy atom. The molecule has 0 aliphatic rings. The Hall–Kier alpha value is -5.17. The zero-order chi connectivity index (χ0) is 25.1. The highest BCUT2D eigenvalue weighted by molar-refractivity contribution is 5.93. The molecule has 0 spiro atoms. The molecule has 0 radical (unpaired) electrons. The highest BCUT2D eigenvalue weighted by Gasteiger charge is 2.17. The van der Waals surface area contributed by atoms with Gasteiger partial charge in [-0.3, -0.25) is 9.36 Å². The summed E-state index contributed by atoms with van der Waals surface area (Å²) in [5, 5.41) is 12.9. The normalized spacial score (nSPS) is 10.8. The monoisotopic (exact) mass is 475 g/mol. The van der Waals surface area contributed by atoms with Crippen molar-refractivity contribution in [2.75, 3.05) is 17.6 Å². The fourth-order valence-electron chi connectivity index (χ4n) is 3.96. The molecule has 2 aromatic carbocycles. The van der Waals surface area contributed by atoms with Crippen molar-refractivity contribution in [1.29, 1.82) is 5.26 Å². The van der Waals surface area contributed by atoms with Gasteiger partial charge in [-0.15, -0.1) is 0 Å². The van der Waals surface area contributed by atoms with E-state index < -0.39 is 0 Å². The lowest BCUT2D eigenvalue weighted by atomic mass is 10.0. The Labute approximate surface area is 206 Å². The molecule has 5 rings (SSSR count). The highest BCUT2D eigenvalue weighted by atomic mass is 16.1. The van der Waals surface area contributed by atoms with Crippen LogP contribution < -0.4 is 16.6 Å². The van der Waals surface area contributed by atoms with Gasteiger partial charge in [-0.05, 0) is 30.7 Å². The first-order valence-electron chi connectivity index (χ1n) is 11.2. The summed E-state index contributed by atoms with van der Waals surface area (Å²) >= 11 is 0. The molecule has 3 aromatic heterocycles. The van der Waals surface area contributed by atoms with E-state index in [2.05, 4.69) is 25.3 Å². The predicted molar refractivity (Wildman–Crippen MR) is 136 cm³/mol. The number of nitrogens with two attached hydrogens (primary N) is 1. The standard InChI is InChI=1S/C26H21N9O/c1-16-30-14-18(15-31-16)20-8-5-9-21-23(20)25(36)35(19-6-3-2-4-7-19)22(33-21)10-11-29-24-17(12-27)13-32-26(28)34-24/h2-9,13-15H,10-11H2,1H3,(H3,28,29,32,34). The average molecular weight is 476 g/mol. The number of aryl methyl sites for hydroxylation is 1. The summed E-state index contributed by atoms with van der Waals surface area (Å²) in [5.41, 5.74) is 8.50. The Bertz CT molecular complexity index is 1660. The van der Waals surface area contributed by atoms with E-state index in [4.69, 9.17) is 10.7 Å². The van der Waals surface area contributed by atoms with E-state index in [1.54, 1.807) is 17.0 Å². The maximum atomic E-state index is 14.0. The van der Waals surface area contributed by atoms with Crippen LogP contribution in [0.2, 0.25) is 0 Å². The molecule has 0 saturated heterocycles. The number of hydrogen-bond donors (Lipinski definition) is 2. The van der Waals surface area contributed by atoms with E-state index in [1.165, 1.54) is 6.20 Å². The zero-order valence-electron chi connectivity index (χ0n) is 19.4. The van der Waals surface area contributed by atoms with E-state index in [0.29, 0.717) is 47.0 Å². The molecule has 0 amide bonds. The van der Waals surface area contributed by atoms with Gasteiger partial charge in [0.25, 0.3) is 5.56 Å². The zero-order valence-corrected chi connectivity index (χ0v) is 19.4. The quantitative estimate of drug-likeness (QED) is 0.378. The van der Waals surface area contributed by atoms with Gasteiger partial charge in [0.15, 0.2) is 0 Å². The number of para-hydroxylation sites is 1. The number of nitrogen functional groups attached to an aromatic ring is 1. The lowest BCUT2D eigenvalue weighted by molar-refractivity contribution is 0.809. The molecule has 3 N–H and O–H groups in total. The molecule has 0 aliphatic heterocycles. The second kappa shape index (κ2) is 9.60. The minimum absolute atomic E-state index is 0.0640. The van der Waals surface area contributed by atoms with Crippen molar-refractivity contribution in [3.63, 3.8) is 0 Å². The minimum atomic E-state index is -0.193. The largest absolute Gasteiger partial charge is 0.368 e. The maximum absolute atomic E-state index is 14.0. The predicted octanol–water partition coefficient (Wildman–Crippen LogP) is 3.05. The van der Waals surface area contributed by atoms with Crippen molar-refractivity contribution in [2.24, 2.45) is 0 Å². The molecule has 176 valence electrons. The first-order chi connectivity index (χ1) is 17.5. The van der Waals surface area contributed by atoms with Crippen LogP contribution >= 0.6 is 0 Å². The molecule has 0 fully saturated rings. The van der Waals surface area contributed by atoms with Gasteiger partial charge in [-0.1, -0.05) is 30.3 Å². The van der Waals surface area contributed by atoms with Crippen molar-refractivity contribution in [1.82, 2.24) is 29.5 Å². The van der Waals surface area contributed by atoms with Crippen molar-refractivity contribution in [2.45, 2.75) is 13.3 Å². The summed E-state index contributed by atoms with van der Waals surface area (Å²) in [7, 11) is 0. The molecule has 0 bridgehead atoms. The van der Waals surface area contributed by atoms with Crippen molar-refractivity contribution >= 4 is 22.7 Å². The van der Waals surface area contributed by atoms with Crippen molar-refractivity contribution in [3.8, 4) is 22.9 Å². The summed E-state index contributed by atoms with van der Waals surface area (Å²) in [6.07, 6.45) is 5.17. The topological polar surface area (TPSA) is 148 Å². The van der Waals surface area contributed by atoms with Crippen LogP contribution in [-0.2, 0) is 6.42 Å². The molecule has 36 heavy (non-hydrogen) atoms. The molecule has 0 aliphatic carbocycles. The number of fused-ring (bicyclic) bond motifs is 1. The van der Waals surface area contributed by atoms with Gasteiger partial charge in [0.1, 0.15) is 29.1 Å². The molecule has 0 atom stereocenters. The van der Waals surface area contributed by atoms with E-state index in [-0.39, 0.29) is 17.1 Å². The third kappa shape index (κ3) is 4.33. The van der Waals surface area contributed by atoms with Crippen LogP contribution in [0.25, 0.3) is 27.7 Å². The lowest BCUT2D eigenvalue weighted by Crippen LogP contribution is -2.26. The number of anilines is 2. The van der Waals surface area contributed by atoms with Crippen LogP contribution in [-0.4, -0.2) is 36.0 Å². The molecule has 0 unspecified atom stereocenters. The van der Waals surface area contributed by atoms with Crippen LogP contribution in [0.1, 0.15) is 17.2 Å². The summed E-state index contributed by atoms with van der Waals surface area (Å²) in [6, 6.07) is 17.0. The van der Waals surface area contributed by atoms with Gasteiger partial charge in [0.2, 0.25) is 5.95 Å². The number of benzene rings is 2. The number of nitrogens with zero attached hydrogens (tertiary/aromatic N) is 7. The Balaban J connectivity index is 1.61. The van der Waals surface area contributed by atoms with Crippen molar-refractivity contribution in [3.05, 3.63) is 94.7 Å². The summed E-state index contributed by atoms with van der Waals surface area (Å²) in [5.74, 6) is 1.61. The van der Waals surface area contributed by atoms with E-state index in [9.17, 15) is 10.1 Å². The van der Waals surface area contributed by atoms with Crippen LogP contribution in [0.4, 0.5) is 11.8 Å². The summed E-state index contributed by atoms with van der Waals surface area (Å²) < 4.78 is 1.61. The fourth-order valence-corrected chi connectivity index (χ4v) is 3.96. The van der Waals surface area contributed by atoms with E-state index >= 15 is 0 Å². The number of hydrogen-bond acceptors (Lipinski definition) is 9. The molecular weight excluding hydrogens is 454 g/mol. The SMILES string of the molecule is Cc1ncc(-c2cccc3nc(CCNc4nc(N)ncc4C#N)n(-c4ccccc4)c(=O)c23)cn1. The minimum Gasteiger partial charge on any atom is -0.368 e. The van der Waals surface area contributed by atoms with Gasteiger partial charge in [0, 0.05) is 30.9 Å². The average Bonchev–Trinajstić information content (AvgIpc) is 2.89. The van der Waals surface area contributed by atoms with Crippen LogP contribution in [0.15, 0.2) is 71.9 Å². The number of nitriles is 1. The van der Waals surface area contributed by atoms with Gasteiger partial charge in [0.05, 0.1) is 22.8 Å². The van der Waals surface area contributed by atoms with Crippen LogP contribution in [0.5, 0.6) is 0 Å². The second-order valence-electron chi connectivity index (χ2n) is 8.00. The number of rotatable bonds is 6. The molecular formula is C26H21N9O. The second-order valence-corrected chi connectivity index (χ2v) is 8.00. The molecule has 0 saturated carbocycles. The van der Waals surface area contributed by atoms with Gasteiger partial charge in [-0.25, -0.2) is 19.9 Å². The van der Waals surface area contributed by atoms with Gasteiger partial charge in [-0.2, -0.15) is 10.2 Å². The Morgan fingerprint density at radius 3 is 2.53 bits per heavy atom. The fraction of sp³-hybridized carbons (Fsp3) is 0.115. The molecule has 10 nitrogen and oxygen atoms in total. The third-order valence-electron chi connectivity index (χ3n) is 5.64. The summed E-state index contributed by atoms with van der Waals surface area (Å²) in [6.45, 7) is 2.17. The molecule has 5 aromatic rings. The van der Waals surface area contributed by atoms with Gasteiger partial charge < -0.3 is 11.1 Å². The smallest absolute Gasteiger partial charge is 0.266 e. The first kappa shape index (κ1) is 22.6. The summed E-state index contributed by atoms with van der Waals surface area (Å²) in [4.78, 5) is 35.4. The Morgan fingerprint density at radius 2 is 1.78 bits per heavy atom. The highest BCUT2D eigenvalue weighted by Crippen LogP contribution is 2.25. The molecule has 10 heteroatoms. The molecule has 3 heterocycles. The van der Waals surface area contributed by atoms with E-state index in [1.807, 2.05) is 61.5 Å². The lowest BCUT2D eigenvalue weighted by Gasteiger charge is -2.16. The van der Waals surface area contributed by atoms with Crippen LogP contribution in [0.3, 0.4) is 0 Å².